The Kier molecular flexibility index (Phi) is 6.50. The molecule has 0 saturated carbocycles. The first-order valence-corrected chi connectivity index (χ1v) is 7.50. The molecule has 1 aliphatic heterocycles. The van der Waals surface area contributed by atoms with E-state index in [2.05, 4.69) is 44.8 Å². The average molecular weight is 240 g/mol. The fourth-order valence-corrected chi connectivity index (χ4v) is 2.97. The van der Waals surface area contributed by atoms with Gasteiger partial charge in [-0.25, -0.2) is 0 Å². The summed E-state index contributed by atoms with van der Waals surface area (Å²) >= 11 is 0. The van der Waals surface area contributed by atoms with E-state index in [9.17, 15) is 0 Å². The van der Waals surface area contributed by atoms with Crippen LogP contribution >= 0.6 is 0 Å². The summed E-state index contributed by atoms with van der Waals surface area (Å²) in [7, 11) is 0. The molecule has 1 aliphatic rings. The summed E-state index contributed by atoms with van der Waals surface area (Å²) in [5.74, 6) is 1.59. The summed E-state index contributed by atoms with van der Waals surface area (Å²) in [4.78, 5) is 2.73. The lowest BCUT2D eigenvalue weighted by molar-refractivity contribution is 0.102. The molecular weight excluding hydrogens is 208 g/mol. The first kappa shape index (κ1) is 15.0. The number of hydrogen-bond donors (Lipinski definition) is 1. The Morgan fingerprint density at radius 2 is 1.88 bits per heavy atom. The van der Waals surface area contributed by atoms with Crippen molar-refractivity contribution in [1.82, 2.24) is 10.2 Å². The van der Waals surface area contributed by atoms with E-state index in [4.69, 9.17) is 0 Å². The van der Waals surface area contributed by atoms with Crippen molar-refractivity contribution in [1.29, 1.82) is 0 Å². The Balaban J connectivity index is 2.50. The maximum absolute atomic E-state index is 3.75. The van der Waals surface area contributed by atoms with Gasteiger partial charge in [0.2, 0.25) is 0 Å². The minimum absolute atomic E-state index is 0.710. The van der Waals surface area contributed by atoms with E-state index in [0.29, 0.717) is 6.04 Å². The molecule has 2 atom stereocenters. The molecule has 2 heteroatoms. The lowest BCUT2D eigenvalue weighted by atomic mass is 9.97. The van der Waals surface area contributed by atoms with Crippen molar-refractivity contribution in [3.8, 4) is 0 Å². The van der Waals surface area contributed by atoms with Crippen molar-refractivity contribution in [2.24, 2.45) is 11.8 Å². The zero-order chi connectivity index (χ0) is 12.8. The summed E-state index contributed by atoms with van der Waals surface area (Å²) in [6.07, 6.45) is 3.96. The molecule has 0 aromatic carbocycles. The minimum atomic E-state index is 0.710. The van der Waals surface area contributed by atoms with E-state index in [-0.39, 0.29) is 0 Å². The molecule has 17 heavy (non-hydrogen) atoms. The summed E-state index contributed by atoms with van der Waals surface area (Å²) in [5, 5.41) is 3.75. The Morgan fingerprint density at radius 1 is 1.18 bits per heavy atom. The number of rotatable bonds is 6. The van der Waals surface area contributed by atoms with Gasteiger partial charge in [-0.1, -0.05) is 41.0 Å². The van der Waals surface area contributed by atoms with Crippen molar-refractivity contribution in [3.05, 3.63) is 0 Å². The van der Waals surface area contributed by atoms with Crippen LogP contribution in [-0.2, 0) is 0 Å². The fourth-order valence-electron chi connectivity index (χ4n) is 2.97. The molecular formula is C15H32N2. The highest BCUT2D eigenvalue weighted by molar-refractivity contribution is 4.86. The lowest BCUT2D eigenvalue weighted by Crippen LogP contribution is -2.57. The molecule has 1 N–H and O–H groups in total. The third-order valence-corrected chi connectivity index (χ3v) is 3.59. The summed E-state index contributed by atoms with van der Waals surface area (Å²) in [6, 6.07) is 1.48. The van der Waals surface area contributed by atoms with Gasteiger partial charge >= 0.3 is 0 Å². The van der Waals surface area contributed by atoms with Crippen LogP contribution in [0.25, 0.3) is 0 Å². The second-order valence-corrected chi connectivity index (χ2v) is 6.52. The van der Waals surface area contributed by atoms with Gasteiger partial charge in [0.1, 0.15) is 0 Å². The molecule has 0 aromatic heterocycles. The van der Waals surface area contributed by atoms with E-state index < -0.39 is 0 Å². The molecule has 2 unspecified atom stereocenters. The highest BCUT2D eigenvalue weighted by atomic mass is 15.2. The van der Waals surface area contributed by atoms with Crippen LogP contribution in [0.5, 0.6) is 0 Å². The highest BCUT2D eigenvalue weighted by Gasteiger charge is 2.27. The monoisotopic (exact) mass is 240 g/mol. The number of nitrogens with one attached hydrogen (secondary N) is 1. The van der Waals surface area contributed by atoms with Crippen molar-refractivity contribution in [2.75, 3.05) is 19.6 Å². The van der Waals surface area contributed by atoms with Gasteiger partial charge in [0.25, 0.3) is 0 Å². The second-order valence-electron chi connectivity index (χ2n) is 6.52. The molecule has 1 fully saturated rings. The maximum Gasteiger partial charge on any atom is 0.0221 e. The highest BCUT2D eigenvalue weighted by Crippen LogP contribution is 2.17. The van der Waals surface area contributed by atoms with Gasteiger partial charge in [0.15, 0.2) is 0 Å². The summed E-state index contributed by atoms with van der Waals surface area (Å²) in [5.41, 5.74) is 0. The van der Waals surface area contributed by atoms with E-state index in [1.54, 1.807) is 0 Å². The van der Waals surface area contributed by atoms with E-state index in [0.717, 1.165) is 17.9 Å². The van der Waals surface area contributed by atoms with Gasteiger partial charge < -0.3 is 5.32 Å². The maximum atomic E-state index is 3.75. The summed E-state index contributed by atoms with van der Waals surface area (Å²) in [6.45, 7) is 15.3. The van der Waals surface area contributed by atoms with Crippen LogP contribution in [0.3, 0.4) is 0 Å². The fraction of sp³-hybridized carbons (Fsp3) is 1.00. The van der Waals surface area contributed by atoms with Crippen molar-refractivity contribution in [2.45, 2.75) is 66.0 Å². The van der Waals surface area contributed by atoms with Crippen LogP contribution in [0.4, 0.5) is 0 Å². The third-order valence-electron chi connectivity index (χ3n) is 3.59. The molecule has 0 spiro atoms. The first-order valence-electron chi connectivity index (χ1n) is 7.50. The third kappa shape index (κ3) is 5.39. The predicted octanol–water partition coefficient (Wildman–Crippen LogP) is 3.13. The van der Waals surface area contributed by atoms with Gasteiger partial charge in [-0.2, -0.15) is 0 Å². The molecule has 1 saturated heterocycles. The molecule has 0 amide bonds. The number of hydrogen-bond acceptors (Lipinski definition) is 2. The molecule has 1 heterocycles. The van der Waals surface area contributed by atoms with Crippen LogP contribution in [-0.4, -0.2) is 36.6 Å². The smallest absolute Gasteiger partial charge is 0.0221 e. The molecule has 0 aliphatic carbocycles. The molecule has 0 bridgehead atoms. The molecule has 102 valence electrons. The molecule has 2 nitrogen and oxygen atoms in total. The van der Waals surface area contributed by atoms with Crippen LogP contribution < -0.4 is 5.32 Å². The Bertz CT molecular complexity index is 201. The van der Waals surface area contributed by atoms with Gasteiger partial charge in [0.05, 0.1) is 0 Å². The average Bonchev–Trinajstić information content (AvgIpc) is 2.20. The van der Waals surface area contributed by atoms with Gasteiger partial charge in [-0.05, 0) is 24.7 Å². The quantitative estimate of drug-likeness (QED) is 0.767. The number of piperazine rings is 1. The van der Waals surface area contributed by atoms with Gasteiger partial charge in [-0.3, -0.25) is 4.90 Å². The standard InChI is InChI=1S/C15H32N2/c1-6-7-15-9-16-14(8-12(2)3)11-17(15)10-13(4)5/h12-16H,6-11H2,1-5H3. The van der Waals surface area contributed by atoms with E-state index in [1.807, 2.05) is 0 Å². The molecule has 0 aromatic rings. The van der Waals surface area contributed by atoms with Gasteiger partial charge in [0, 0.05) is 31.7 Å². The van der Waals surface area contributed by atoms with Crippen LogP contribution in [0, 0.1) is 11.8 Å². The Morgan fingerprint density at radius 3 is 2.41 bits per heavy atom. The van der Waals surface area contributed by atoms with Gasteiger partial charge in [-0.15, -0.1) is 0 Å². The topological polar surface area (TPSA) is 15.3 Å². The van der Waals surface area contributed by atoms with E-state index >= 15 is 0 Å². The molecule has 0 radical (unpaired) electrons. The normalized spacial score (nSPS) is 27.0. The predicted molar refractivity (Wildman–Crippen MR) is 76.4 cm³/mol. The minimum Gasteiger partial charge on any atom is -0.311 e. The SMILES string of the molecule is CCCC1CNC(CC(C)C)CN1CC(C)C. The summed E-state index contributed by atoms with van der Waals surface area (Å²) < 4.78 is 0. The zero-order valence-corrected chi connectivity index (χ0v) is 12.5. The molecule has 1 rings (SSSR count). The lowest BCUT2D eigenvalue weighted by Gasteiger charge is -2.42. The van der Waals surface area contributed by atoms with Crippen LogP contribution in [0.1, 0.15) is 53.9 Å². The largest absolute Gasteiger partial charge is 0.311 e. The van der Waals surface area contributed by atoms with Crippen LogP contribution in [0.15, 0.2) is 0 Å². The number of nitrogens with zero attached hydrogens (tertiary/aromatic N) is 1. The Hall–Kier alpha value is -0.0800. The van der Waals surface area contributed by atoms with E-state index in [1.165, 1.54) is 38.9 Å². The van der Waals surface area contributed by atoms with Crippen molar-refractivity contribution >= 4 is 0 Å². The second kappa shape index (κ2) is 7.38. The van der Waals surface area contributed by atoms with Crippen LogP contribution in [0.2, 0.25) is 0 Å². The zero-order valence-electron chi connectivity index (χ0n) is 12.5. The van der Waals surface area contributed by atoms with Crippen molar-refractivity contribution in [3.63, 3.8) is 0 Å². The first-order chi connectivity index (χ1) is 8.02. The van der Waals surface area contributed by atoms with Crippen molar-refractivity contribution < 1.29 is 0 Å². The Labute approximate surface area is 108 Å².